The third kappa shape index (κ3) is 3.78. The third-order valence-electron chi connectivity index (χ3n) is 3.67. The fourth-order valence-corrected chi connectivity index (χ4v) is 2.57. The molecule has 104 valence electrons. The van der Waals surface area contributed by atoms with Crippen molar-refractivity contribution in [2.24, 2.45) is 5.73 Å². The van der Waals surface area contributed by atoms with Gasteiger partial charge in [0.25, 0.3) is 5.91 Å². The Bertz CT molecular complexity index is 434. The third-order valence-corrected chi connectivity index (χ3v) is 3.67. The molecule has 0 aliphatic heterocycles. The average Bonchev–Trinajstić information content (AvgIpc) is 2.42. The van der Waals surface area contributed by atoms with Crippen LogP contribution in [0.2, 0.25) is 0 Å². The van der Waals surface area contributed by atoms with Crippen LogP contribution in [0.25, 0.3) is 0 Å². The molecule has 0 bridgehead atoms. The van der Waals surface area contributed by atoms with E-state index in [1.165, 1.54) is 0 Å². The zero-order valence-electron chi connectivity index (χ0n) is 11.1. The predicted molar refractivity (Wildman–Crippen MR) is 74.9 cm³/mol. The van der Waals surface area contributed by atoms with Gasteiger partial charge in [-0.05, 0) is 43.5 Å². The molecule has 1 aromatic carbocycles. The smallest absolute Gasteiger partial charge is 0.251 e. The molecular formula is C15H22N2O2. The highest BCUT2D eigenvalue weighted by Gasteiger charge is 2.24. The second kappa shape index (κ2) is 6.68. The van der Waals surface area contributed by atoms with Crippen molar-refractivity contribution in [3.05, 3.63) is 35.4 Å². The number of nitrogens with one attached hydrogen (secondary N) is 1. The lowest BCUT2D eigenvalue weighted by atomic mass is 9.92. The zero-order valence-corrected chi connectivity index (χ0v) is 11.1. The van der Waals surface area contributed by atoms with E-state index in [-0.39, 0.29) is 11.9 Å². The average molecular weight is 262 g/mol. The summed E-state index contributed by atoms with van der Waals surface area (Å²) in [6.45, 7) is 0.576. The standard InChI is InChI=1S/C15H22N2O2/c16-9-8-11-4-3-5-12(10-11)15(19)17-13-6-1-2-7-14(13)18/h3-5,10,13-14,18H,1-2,6-9,16H2,(H,17,19)/t13-,14-/m1/s1. The molecule has 2 rings (SSSR count). The van der Waals surface area contributed by atoms with Gasteiger partial charge in [0.1, 0.15) is 0 Å². The van der Waals surface area contributed by atoms with Gasteiger partial charge in [0.2, 0.25) is 0 Å². The maximum atomic E-state index is 12.2. The molecule has 19 heavy (non-hydrogen) atoms. The first kappa shape index (κ1) is 14.0. The zero-order chi connectivity index (χ0) is 13.7. The largest absolute Gasteiger partial charge is 0.391 e. The Morgan fingerprint density at radius 2 is 2.16 bits per heavy atom. The van der Waals surface area contributed by atoms with Gasteiger partial charge in [-0.25, -0.2) is 0 Å². The Hall–Kier alpha value is -1.39. The first-order valence-corrected chi connectivity index (χ1v) is 6.98. The molecule has 0 radical (unpaired) electrons. The molecule has 4 N–H and O–H groups in total. The molecule has 1 aliphatic rings. The number of hydrogen-bond donors (Lipinski definition) is 3. The summed E-state index contributed by atoms with van der Waals surface area (Å²) < 4.78 is 0. The van der Waals surface area contributed by atoms with Crippen molar-refractivity contribution in [1.82, 2.24) is 5.32 Å². The summed E-state index contributed by atoms with van der Waals surface area (Å²) in [6, 6.07) is 7.40. The SMILES string of the molecule is NCCc1cccc(C(=O)N[C@@H]2CCCC[C@H]2O)c1. The predicted octanol–water partition coefficient (Wildman–Crippen LogP) is 1.22. The van der Waals surface area contributed by atoms with Crippen molar-refractivity contribution in [3.8, 4) is 0 Å². The summed E-state index contributed by atoms with van der Waals surface area (Å²) in [5.41, 5.74) is 7.23. The van der Waals surface area contributed by atoms with Crippen LogP contribution in [-0.2, 0) is 6.42 Å². The summed E-state index contributed by atoms with van der Waals surface area (Å²) in [7, 11) is 0. The Morgan fingerprint density at radius 3 is 2.89 bits per heavy atom. The Labute approximate surface area is 114 Å². The number of aliphatic hydroxyl groups is 1. The molecule has 1 aromatic rings. The maximum Gasteiger partial charge on any atom is 0.251 e. The lowest BCUT2D eigenvalue weighted by Gasteiger charge is -2.28. The minimum atomic E-state index is -0.412. The minimum absolute atomic E-state index is 0.107. The van der Waals surface area contributed by atoms with Crippen LogP contribution < -0.4 is 11.1 Å². The summed E-state index contributed by atoms with van der Waals surface area (Å²) in [5, 5.41) is 12.8. The molecular weight excluding hydrogens is 240 g/mol. The van der Waals surface area contributed by atoms with E-state index in [1.54, 1.807) is 6.07 Å². The number of benzene rings is 1. The van der Waals surface area contributed by atoms with E-state index >= 15 is 0 Å². The van der Waals surface area contributed by atoms with E-state index in [1.807, 2.05) is 18.2 Å². The fourth-order valence-electron chi connectivity index (χ4n) is 2.57. The van der Waals surface area contributed by atoms with Gasteiger partial charge in [0, 0.05) is 5.56 Å². The highest BCUT2D eigenvalue weighted by Crippen LogP contribution is 2.19. The van der Waals surface area contributed by atoms with Gasteiger partial charge in [0.05, 0.1) is 12.1 Å². The molecule has 0 unspecified atom stereocenters. The second-order valence-corrected chi connectivity index (χ2v) is 5.17. The van der Waals surface area contributed by atoms with Crippen molar-refractivity contribution < 1.29 is 9.90 Å². The van der Waals surface area contributed by atoms with E-state index in [4.69, 9.17) is 5.73 Å². The highest BCUT2D eigenvalue weighted by molar-refractivity contribution is 5.94. The van der Waals surface area contributed by atoms with Crippen LogP contribution in [0, 0.1) is 0 Å². The van der Waals surface area contributed by atoms with Crippen LogP contribution in [0.1, 0.15) is 41.6 Å². The highest BCUT2D eigenvalue weighted by atomic mass is 16.3. The van der Waals surface area contributed by atoms with E-state index in [0.717, 1.165) is 37.7 Å². The molecule has 4 heteroatoms. The van der Waals surface area contributed by atoms with Crippen LogP contribution in [-0.4, -0.2) is 29.7 Å². The first-order valence-electron chi connectivity index (χ1n) is 6.98. The Balaban J connectivity index is 2.00. The number of hydrogen-bond acceptors (Lipinski definition) is 3. The molecule has 0 saturated heterocycles. The summed E-state index contributed by atoms with van der Waals surface area (Å²) >= 11 is 0. The van der Waals surface area contributed by atoms with Crippen LogP contribution in [0.3, 0.4) is 0 Å². The molecule has 4 nitrogen and oxygen atoms in total. The number of carbonyl (C=O) groups excluding carboxylic acids is 1. The number of rotatable bonds is 4. The van der Waals surface area contributed by atoms with Crippen LogP contribution in [0.15, 0.2) is 24.3 Å². The first-order chi connectivity index (χ1) is 9.20. The van der Waals surface area contributed by atoms with E-state index in [9.17, 15) is 9.90 Å². The van der Waals surface area contributed by atoms with Crippen molar-refractivity contribution in [1.29, 1.82) is 0 Å². The van der Waals surface area contributed by atoms with Gasteiger partial charge in [0.15, 0.2) is 0 Å². The van der Waals surface area contributed by atoms with Gasteiger partial charge in [-0.2, -0.15) is 0 Å². The van der Waals surface area contributed by atoms with Gasteiger partial charge in [-0.15, -0.1) is 0 Å². The van der Waals surface area contributed by atoms with Gasteiger partial charge >= 0.3 is 0 Å². The quantitative estimate of drug-likeness (QED) is 0.763. The molecule has 0 heterocycles. The summed E-state index contributed by atoms with van der Waals surface area (Å²) in [6.07, 6.45) is 4.10. The van der Waals surface area contributed by atoms with Crippen LogP contribution in [0.5, 0.6) is 0 Å². The van der Waals surface area contributed by atoms with Gasteiger partial charge in [-0.3, -0.25) is 4.79 Å². The molecule has 1 amide bonds. The Morgan fingerprint density at radius 1 is 1.37 bits per heavy atom. The van der Waals surface area contributed by atoms with Gasteiger partial charge < -0.3 is 16.2 Å². The number of amides is 1. The molecule has 0 spiro atoms. The van der Waals surface area contributed by atoms with Gasteiger partial charge in [-0.1, -0.05) is 25.0 Å². The maximum absolute atomic E-state index is 12.2. The van der Waals surface area contributed by atoms with E-state index in [2.05, 4.69) is 5.32 Å². The molecule has 1 aliphatic carbocycles. The molecule has 2 atom stereocenters. The van der Waals surface area contributed by atoms with Crippen molar-refractivity contribution >= 4 is 5.91 Å². The lowest BCUT2D eigenvalue weighted by molar-refractivity contribution is 0.0717. The number of carbonyl (C=O) groups is 1. The van der Waals surface area contributed by atoms with Crippen molar-refractivity contribution in [2.45, 2.75) is 44.2 Å². The van der Waals surface area contributed by atoms with Crippen molar-refractivity contribution in [3.63, 3.8) is 0 Å². The van der Waals surface area contributed by atoms with Crippen LogP contribution in [0.4, 0.5) is 0 Å². The Kier molecular flexibility index (Phi) is 4.93. The number of nitrogens with two attached hydrogens (primary N) is 1. The summed E-state index contributed by atoms with van der Waals surface area (Å²) in [5.74, 6) is -0.107. The number of aliphatic hydroxyl groups excluding tert-OH is 1. The lowest BCUT2D eigenvalue weighted by Crippen LogP contribution is -2.45. The second-order valence-electron chi connectivity index (χ2n) is 5.17. The minimum Gasteiger partial charge on any atom is -0.391 e. The normalized spacial score (nSPS) is 23.1. The van der Waals surface area contributed by atoms with E-state index in [0.29, 0.717) is 12.1 Å². The van der Waals surface area contributed by atoms with Crippen LogP contribution >= 0.6 is 0 Å². The molecule has 1 fully saturated rings. The van der Waals surface area contributed by atoms with Crippen molar-refractivity contribution in [2.75, 3.05) is 6.54 Å². The monoisotopic (exact) mass is 262 g/mol. The van der Waals surface area contributed by atoms with E-state index < -0.39 is 6.10 Å². The molecule has 1 saturated carbocycles. The topological polar surface area (TPSA) is 75.4 Å². The molecule has 0 aromatic heterocycles. The summed E-state index contributed by atoms with van der Waals surface area (Å²) in [4.78, 5) is 12.2. The fraction of sp³-hybridized carbons (Fsp3) is 0.533.